The number of carbonyl (C=O) groups excluding carboxylic acids is 1. The van der Waals surface area contributed by atoms with Crippen molar-refractivity contribution in [1.82, 2.24) is 9.97 Å². The molecule has 184 valence electrons. The third-order valence-corrected chi connectivity index (χ3v) is 6.31. The third kappa shape index (κ3) is 4.70. The van der Waals surface area contributed by atoms with Crippen molar-refractivity contribution in [2.75, 3.05) is 6.61 Å². The quantitative estimate of drug-likeness (QED) is 0.458. The average Bonchev–Trinajstić information content (AvgIpc) is 2.83. The Morgan fingerprint density at radius 1 is 1.14 bits per heavy atom. The highest BCUT2D eigenvalue weighted by Crippen LogP contribution is 2.38. The van der Waals surface area contributed by atoms with Gasteiger partial charge in [0.25, 0.3) is 0 Å². The van der Waals surface area contributed by atoms with Crippen LogP contribution in [0.15, 0.2) is 48.8 Å². The predicted octanol–water partition coefficient (Wildman–Crippen LogP) is 2.92. The maximum atomic E-state index is 14.4. The minimum atomic E-state index is -1.82. The zero-order chi connectivity index (χ0) is 25.3. The van der Waals surface area contributed by atoms with Gasteiger partial charge in [-0.25, -0.2) is 18.2 Å². The number of aliphatic hydroxyl groups is 3. The fourth-order valence-corrected chi connectivity index (χ4v) is 4.19. The molecule has 1 aliphatic heterocycles. The highest BCUT2D eigenvalue weighted by atomic mass is 19.1. The zero-order valence-corrected chi connectivity index (χ0v) is 18.7. The van der Waals surface area contributed by atoms with Crippen LogP contribution in [0.5, 0.6) is 0 Å². The van der Waals surface area contributed by atoms with E-state index < -0.39 is 65.0 Å². The Hall–Kier alpha value is -3.18. The van der Waals surface area contributed by atoms with E-state index in [0.29, 0.717) is 11.1 Å². The van der Waals surface area contributed by atoms with Crippen LogP contribution < -0.4 is 0 Å². The Bertz CT molecular complexity index is 1220. The summed E-state index contributed by atoms with van der Waals surface area (Å²) in [5, 5.41) is 30.3. The molecule has 3 N–H and O–H groups in total. The number of Topliss-reactive ketones (excluding diaryl/α,β-unsaturated/α-hetero) is 1. The van der Waals surface area contributed by atoms with Gasteiger partial charge in [0.15, 0.2) is 5.78 Å². The second kappa shape index (κ2) is 9.82. The van der Waals surface area contributed by atoms with Gasteiger partial charge in [0.2, 0.25) is 0 Å². The van der Waals surface area contributed by atoms with Crippen LogP contribution in [-0.2, 0) is 11.2 Å². The van der Waals surface area contributed by atoms with Crippen LogP contribution in [-0.4, -0.2) is 55.5 Å². The maximum Gasteiger partial charge on any atom is 0.185 e. The fourth-order valence-electron chi connectivity index (χ4n) is 4.19. The molecule has 3 heterocycles. The van der Waals surface area contributed by atoms with Crippen LogP contribution in [0, 0.1) is 17.5 Å². The molecule has 10 heteroatoms. The van der Waals surface area contributed by atoms with Crippen molar-refractivity contribution >= 4 is 5.78 Å². The number of aromatic nitrogens is 2. The van der Waals surface area contributed by atoms with E-state index >= 15 is 0 Å². The number of pyridine rings is 2. The van der Waals surface area contributed by atoms with Crippen LogP contribution in [0.3, 0.4) is 0 Å². The third-order valence-electron chi connectivity index (χ3n) is 6.31. The van der Waals surface area contributed by atoms with Gasteiger partial charge in [0.1, 0.15) is 34.4 Å². The molecule has 2 aromatic heterocycles. The lowest BCUT2D eigenvalue weighted by atomic mass is 9.83. The molecule has 4 atom stereocenters. The minimum absolute atomic E-state index is 0.0435. The summed E-state index contributed by atoms with van der Waals surface area (Å²) in [6.45, 7) is 0.828. The Balaban J connectivity index is 1.62. The van der Waals surface area contributed by atoms with Crippen LogP contribution in [0.2, 0.25) is 0 Å². The lowest BCUT2D eigenvalue weighted by Crippen LogP contribution is -2.58. The highest BCUT2D eigenvalue weighted by molar-refractivity contribution is 5.96. The monoisotopic (exact) mass is 488 g/mol. The summed E-state index contributed by atoms with van der Waals surface area (Å²) < 4.78 is 48.6. The van der Waals surface area contributed by atoms with Crippen molar-refractivity contribution in [2.45, 2.75) is 43.7 Å². The van der Waals surface area contributed by atoms with Crippen molar-refractivity contribution in [2.24, 2.45) is 0 Å². The Labute approximate surface area is 198 Å². The number of benzene rings is 1. The van der Waals surface area contributed by atoms with Crippen molar-refractivity contribution in [3.8, 4) is 11.3 Å². The van der Waals surface area contributed by atoms with Gasteiger partial charge < -0.3 is 20.1 Å². The number of nitrogens with zero attached hydrogens (tertiary/aromatic N) is 2. The van der Waals surface area contributed by atoms with Crippen molar-refractivity contribution in [3.05, 3.63) is 83.1 Å². The first kappa shape index (κ1) is 24.9. The molecule has 1 aliphatic rings. The van der Waals surface area contributed by atoms with Gasteiger partial charge >= 0.3 is 0 Å². The van der Waals surface area contributed by atoms with Crippen molar-refractivity contribution in [1.29, 1.82) is 0 Å². The topological polar surface area (TPSA) is 113 Å². The standard InChI is InChI=1S/C25H23F3N2O5/c1-13-25(34,12-31)22(33)10-21(35-13)15-7-8-29-11-14(15)9-20(32)19-6-5-18(28)24(30-19)23-16(26)3-2-4-17(23)27/h2-8,11,13,21-22,31,33-34H,9-10,12H2,1H3/t13-,21-,22-,25-/m1/s1. The lowest BCUT2D eigenvalue weighted by molar-refractivity contribution is -0.236. The number of hydrogen-bond donors (Lipinski definition) is 3. The van der Waals surface area contributed by atoms with E-state index in [1.165, 1.54) is 19.3 Å². The molecule has 0 saturated carbocycles. The average molecular weight is 488 g/mol. The van der Waals surface area contributed by atoms with Gasteiger partial charge in [0, 0.05) is 25.2 Å². The molecule has 0 spiro atoms. The van der Waals surface area contributed by atoms with E-state index in [2.05, 4.69) is 9.97 Å². The summed E-state index contributed by atoms with van der Waals surface area (Å²) in [6, 6.07) is 6.72. The summed E-state index contributed by atoms with van der Waals surface area (Å²) in [5.41, 5.74) is -2.35. The molecule has 0 radical (unpaired) electrons. The molecular formula is C25H23F3N2O5. The number of rotatable bonds is 6. The van der Waals surface area contributed by atoms with E-state index in [0.717, 1.165) is 30.3 Å². The first-order chi connectivity index (χ1) is 16.7. The summed E-state index contributed by atoms with van der Waals surface area (Å²) in [7, 11) is 0. The molecule has 3 aromatic rings. The van der Waals surface area contributed by atoms with Crippen LogP contribution in [0.4, 0.5) is 13.2 Å². The van der Waals surface area contributed by atoms with E-state index in [9.17, 15) is 33.3 Å². The number of ketones is 1. The summed E-state index contributed by atoms with van der Waals surface area (Å²) in [5.74, 6) is -3.57. The number of carbonyl (C=O) groups is 1. The number of hydrogen-bond acceptors (Lipinski definition) is 7. The van der Waals surface area contributed by atoms with Crippen LogP contribution >= 0.6 is 0 Å². The lowest BCUT2D eigenvalue weighted by Gasteiger charge is -2.44. The van der Waals surface area contributed by atoms with E-state index in [1.807, 2.05) is 0 Å². The van der Waals surface area contributed by atoms with E-state index in [1.54, 1.807) is 6.07 Å². The molecule has 0 aliphatic carbocycles. The summed E-state index contributed by atoms with van der Waals surface area (Å²) in [6.07, 6.45) is -0.271. The molecular weight excluding hydrogens is 465 g/mol. The molecule has 1 fully saturated rings. The predicted molar refractivity (Wildman–Crippen MR) is 118 cm³/mol. The second-order valence-electron chi connectivity index (χ2n) is 8.47. The minimum Gasteiger partial charge on any atom is -0.393 e. The van der Waals surface area contributed by atoms with Gasteiger partial charge in [-0.15, -0.1) is 0 Å². The molecule has 0 unspecified atom stereocenters. The number of halogens is 3. The summed E-state index contributed by atoms with van der Waals surface area (Å²) >= 11 is 0. The summed E-state index contributed by atoms with van der Waals surface area (Å²) in [4.78, 5) is 21.0. The number of ether oxygens (including phenoxy) is 1. The molecule has 4 rings (SSSR count). The van der Waals surface area contributed by atoms with Gasteiger partial charge in [-0.05, 0) is 48.4 Å². The van der Waals surface area contributed by atoms with E-state index in [-0.39, 0.29) is 18.5 Å². The van der Waals surface area contributed by atoms with Gasteiger partial charge in [-0.2, -0.15) is 0 Å². The number of aliphatic hydroxyl groups excluding tert-OH is 2. The molecule has 0 bridgehead atoms. The van der Waals surface area contributed by atoms with Crippen molar-refractivity contribution in [3.63, 3.8) is 0 Å². The molecule has 1 saturated heterocycles. The molecule has 1 aromatic carbocycles. The largest absolute Gasteiger partial charge is 0.393 e. The fraction of sp³-hybridized carbons (Fsp3) is 0.320. The molecule has 35 heavy (non-hydrogen) atoms. The Kier molecular flexibility index (Phi) is 7.00. The smallest absolute Gasteiger partial charge is 0.185 e. The Morgan fingerprint density at radius 3 is 2.51 bits per heavy atom. The highest BCUT2D eigenvalue weighted by Gasteiger charge is 2.48. The molecule has 0 amide bonds. The SMILES string of the molecule is C[C@H]1O[C@@H](c2ccncc2CC(=O)c2ccc(F)c(-c3c(F)cccc3F)n2)C[C@@H](O)[C@@]1(O)CO. The second-order valence-corrected chi connectivity index (χ2v) is 8.47. The first-order valence-corrected chi connectivity index (χ1v) is 10.9. The van der Waals surface area contributed by atoms with Gasteiger partial charge in [0.05, 0.1) is 30.5 Å². The maximum absolute atomic E-state index is 14.4. The van der Waals surface area contributed by atoms with Crippen molar-refractivity contribution < 1.29 is 38.0 Å². The van der Waals surface area contributed by atoms with E-state index in [4.69, 9.17) is 4.74 Å². The first-order valence-electron chi connectivity index (χ1n) is 10.9. The molecule has 7 nitrogen and oxygen atoms in total. The van der Waals surface area contributed by atoms with Crippen LogP contribution in [0.1, 0.15) is 41.1 Å². The van der Waals surface area contributed by atoms with Gasteiger partial charge in [-0.3, -0.25) is 9.78 Å². The van der Waals surface area contributed by atoms with Gasteiger partial charge in [-0.1, -0.05) is 6.07 Å². The van der Waals surface area contributed by atoms with Crippen LogP contribution in [0.25, 0.3) is 11.3 Å². The zero-order valence-electron chi connectivity index (χ0n) is 18.7. The Morgan fingerprint density at radius 2 is 1.86 bits per heavy atom. The normalized spacial score (nSPS) is 24.4.